The van der Waals surface area contributed by atoms with Crippen LogP contribution in [0.1, 0.15) is 31.7 Å². The zero-order chi connectivity index (χ0) is 19.6. The lowest BCUT2D eigenvalue weighted by molar-refractivity contribution is -0.136. The van der Waals surface area contributed by atoms with Crippen LogP contribution >= 0.6 is 12.4 Å². The summed E-state index contributed by atoms with van der Waals surface area (Å²) in [4.78, 5) is 14.7. The van der Waals surface area contributed by atoms with Crippen molar-refractivity contribution in [2.24, 2.45) is 0 Å². The summed E-state index contributed by atoms with van der Waals surface area (Å²) >= 11 is 0. The minimum Gasteiger partial charge on any atom is -0.489 e. The minimum absolute atomic E-state index is 0. The molecular weight excluding hydrogens is 388 g/mol. The molecule has 0 aromatic heterocycles. The van der Waals surface area contributed by atoms with Crippen LogP contribution in [-0.4, -0.2) is 43.1 Å². The Kier molecular flexibility index (Phi) is 9.81. The summed E-state index contributed by atoms with van der Waals surface area (Å²) < 4.78 is 11.5. The number of nitrogens with one attached hydrogen (secondary N) is 1. The fourth-order valence-corrected chi connectivity index (χ4v) is 3.47. The van der Waals surface area contributed by atoms with E-state index in [-0.39, 0.29) is 24.9 Å². The molecule has 0 unspecified atom stereocenters. The van der Waals surface area contributed by atoms with Gasteiger partial charge in [0.05, 0.1) is 0 Å². The van der Waals surface area contributed by atoms with Crippen molar-refractivity contribution in [3.8, 4) is 11.5 Å². The van der Waals surface area contributed by atoms with Crippen LogP contribution in [0.15, 0.2) is 54.6 Å². The van der Waals surface area contributed by atoms with Gasteiger partial charge in [-0.25, -0.2) is 0 Å². The van der Waals surface area contributed by atoms with Crippen LogP contribution in [0, 0.1) is 0 Å². The maximum atomic E-state index is 12.7. The highest BCUT2D eigenvalue weighted by Gasteiger charge is 2.24. The highest BCUT2D eigenvalue weighted by atomic mass is 35.5. The van der Waals surface area contributed by atoms with Crippen LogP contribution in [0.3, 0.4) is 0 Å². The van der Waals surface area contributed by atoms with E-state index in [1.54, 1.807) is 0 Å². The van der Waals surface area contributed by atoms with E-state index in [1.165, 1.54) is 0 Å². The van der Waals surface area contributed by atoms with Crippen molar-refractivity contribution in [1.29, 1.82) is 0 Å². The number of nitrogens with zero attached hydrogens (tertiary/aromatic N) is 1. The van der Waals surface area contributed by atoms with Gasteiger partial charge >= 0.3 is 0 Å². The third-order valence-electron chi connectivity index (χ3n) is 4.97. The number of hydrogen-bond donors (Lipinski definition) is 1. The first-order chi connectivity index (χ1) is 13.8. The number of halogens is 1. The van der Waals surface area contributed by atoms with E-state index in [0.717, 1.165) is 50.2 Å². The van der Waals surface area contributed by atoms with Crippen molar-refractivity contribution in [3.05, 3.63) is 60.2 Å². The Morgan fingerprint density at radius 2 is 1.62 bits per heavy atom. The smallest absolute Gasteiger partial charge is 0.260 e. The highest BCUT2D eigenvalue weighted by molar-refractivity contribution is 5.85. The van der Waals surface area contributed by atoms with E-state index in [4.69, 9.17) is 9.47 Å². The summed E-state index contributed by atoms with van der Waals surface area (Å²) in [6, 6.07) is 17.8. The lowest BCUT2D eigenvalue weighted by Crippen LogP contribution is -2.48. The lowest BCUT2D eigenvalue weighted by Gasteiger charge is -2.34. The molecule has 1 N–H and O–H groups in total. The second kappa shape index (κ2) is 12.3. The first-order valence-electron chi connectivity index (χ1n) is 10.2. The summed E-state index contributed by atoms with van der Waals surface area (Å²) in [6.45, 7) is 5.46. The molecule has 0 aliphatic carbocycles. The molecule has 0 bridgehead atoms. The van der Waals surface area contributed by atoms with Crippen LogP contribution < -0.4 is 14.8 Å². The van der Waals surface area contributed by atoms with Crippen molar-refractivity contribution in [1.82, 2.24) is 10.2 Å². The van der Waals surface area contributed by atoms with Gasteiger partial charge in [0.2, 0.25) is 0 Å². The van der Waals surface area contributed by atoms with Gasteiger partial charge in [-0.2, -0.15) is 0 Å². The van der Waals surface area contributed by atoms with Crippen LogP contribution in [0.25, 0.3) is 0 Å². The number of carbonyl (C=O) groups is 1. The third kappa shape index (κ3) is 7.26. The normalized spacial score (nSPS) is 14.0. The average Bonchev–Trinajstić information content (AvgIpc) is 2.76. The molecule has 0 saturated carbocycles. The number of hydrogen-bond acceptors (Lipinski definition) is 4. The molecule has 6 heteroatoms. The Bertz CT molecular complexity index is 719. The number of rotatable bonds is 9. The number of amides is 1. The Morgan fingerprint density at radius 3 is 2.24 bits per heavy atom. The molecule has 0 atom stereocenters. The van der Waals surface area contributed by atoms with Gasteiger partial charge in [0.15, 0.2) is 6.61 Å². The molecule has 0 spiro atoms. The quantitative estimate of drug-likeness (QED) is 0.667. The summed E-state index contributed by atoms with van der Waals surface area (Å²) in [7, 11) is 0. The van der Waals surface area contributed by atoms with E-state index < -0.39 is 0 Å². The number of benzene rings is 2. The maximum absolute atomic E-state index is 12.7. The minimum atomic E-state index is 0. The van der Waals surface area contributed by atoms with E-state index in [9.17, 15) is 4.79 Å². The third-order valence-corrected chi connectivity index (χ3v) is 4.97. The van der Waals surface area contributed by atoms with E-state index in [1.807, 2.05) is 59.5 Å². The first kappa shape index (κ1) is 23.0. The predicted molar refractivity (Wildman–Crippen MR) is 118 cm³/mol. The first-order valence-corrected chi connectivity index (χ1v) is 10.2. The fourth-order valence-electron chi connectivity index (χ4n) is 3.47. The predicted octanol–water partition coefficient (Wildman–Crippen LogP) is 4.06. The molecule has 29 heavy (non-hydrogen) atoms. The lowest BCUT2D eigenvalue weighted by atomic mass is 10.0. The molecule has 1 amide bonds. The molecule has 1 saturated heterocycles. The van der Waals surface area contributed by atoms with Gasteiger partial charge in [0.1, 0.15) is 18.1 Å². The summed E-state index contributed by atoms with van der Waals surface area (Å²) in [6.07, 6.45) is 2.99. The highest BCUT2D eigenvalue weighted by Crippen LogP contribution is 2.19. The molecule has 0 radical (unpaired) electrons. The molecule has 1 heterocycles. The molecule has 5 nitrogen and oxygen atoms in total. The van der Waals surface area contributed by atoms with Gasteiger partial charge in [-0.1, -0.05) is 37.3 Å². The zero-order valence-electron chi connectivity index (χ0n) is 17.0. The largest absolute Gasteiger partial charge is 0.489 e. The summed E-state index contributed by atoms with van der Waals surface area (Å²) in [5.41, 5.74) is 1.13. The van der Waals surface area contributed by atoms with Gasteiger partial charge in [-0.15, -0.1) is 12.4 Å². The molecule has 2 aromatic carbocycles. The molecule has 158 valence electrons. The molecule has 1 fully saturated rings. The van der Waals surface area contributed by atoms with Gasteiger partial charge in [-0.3, -0.25) is 4.79 Å². The van der Waals surface area contributed by atoms with E-state index in [0.29, 0.717) is 18.4 Å². The van der Waals surface area contributed by atoms with Crippen LogP contribution in [0.4, 0.5) is 0 Å². The Hall–Kier alpha value is -2.24. The summed E-state index contributed by atoms with van der Waals surface area (Å²) in [5, 5.41) is 3.35. The maximum Gasteiger partial charge on any atom is 0.260 e. The topological polar surface area (TPSA) is 50.8 Å². The van der Waals surface area contributed by atoms with Crippen LogP contribution in [-0.2, 0) is 11.4 Å². The number of carbonyl (C=O) groups excluding carboxylic acids is 1. The van der Waals surface area contributed by atoms with Crippen molar-refractivity contribution >= 4 is 18.3 Å². The average molecular weight is 419 g/mol. The standard InChI is InChI=1S/C23H30N2O3.ClH/c1-2-16-25(20-12-14-24-15-13-20)23(26)18-28-22-10-8-21(9-11-22)27-17-19-6-4-3-5-7-19;/h3-11,20,24H,2,12-18H2,1H3;1H. The molecule has 3 rings (SSSR count). The monoisotopic (exact) mass is 418 g/mol. The summed E-state index contributed by atoms with van der Waals surface area (Å²) in [5.74, 6) is 1.53. The molecule has 1 aliphatic heterocycles. The van der Waals surface area contributed by atoms with E-state index >= 15 is 0 Å². The second-order valence-corrected chi connectivity index (χ2v) is 7.10. The van der Waals surface area contributed by atoms with Gasteiger partial charge < -0.3 is 19.7 Å². The molecular formula is C23H31ClN2O3. The molecule has 2 aromatic rings. The number of ether oxygens (including phenoxy) is 2. The number of piperidine rings is 1. The van der Waals surface area contributed by atoms with E-state index in [2.05, 4.69) is 12.2 Å². The Labute approximate surface area is 179 Å². The van der Waals surface area contributed by atoms with Gasteiger partial charge in [0, 0.05) is 12.6 Å². The second-order valence-electron chi connectivity index (χ2n) is 7.10. The van der Waals surface area contributed by atoms with Gasteiger partial charge in [0.25, 0.3) is 5.91 Å². The van der Waals surface area contributed by atoms with Crippen molar-refractivity contribution in [3.63, 3.8) is 0 Å². The molecule has 1 aliphatic rings. The fraction of sp³-hybridized carbons (Fsp3) is 0.435. The Balaban J connectivity index is 0.00000300. The van der Waals surface area contributed by atoms with Crippen molar-refractivity contribution in [2.75, 3.05) is 26.2 Å². The van der Waals surface area contributed by atoms with Crippen LogP contribution in [0.2, 0.25) is 0 Å². The Morgan fingerprint density at radius 1 is 1.00 bits per heavy atom. The van der Waals surface area contributed by atoms with Crippen LogP contribution in [0.5, 0.6) is 11.5 Å². The van der Waals surface area contributed by atoms with Gasteiger partial charge in [-0.05, 0) is 62.2 Å². The van der Waals surface area contributed by atoms with Crippen molar-refractivity contribution in [2.45, 2.75) is 38.8 Å². The van der Waals surface area contributed by atoms with Crippen molar-refractivity contribution < 1.29 is 14.3 Å². The SMILES string of the molecule is CCCN(C(=O)COc1ccc(OCc2ccccc2)cc1)C1CCNCC1.Cl. The zero-order valence-corrected chi connectivity index (χ0v) is 17.8.